The van der Waals surface area contributed by atoms with Crippen LogP contribution in [0.4, 0.5) is 0 Å². The smallest absolute Gasteiger partial charge is 0.145 e. The zero-order valence-electron chi connectivity index (χ0n) is 11.9. The van der Waals surface area contributed by atoms with Crippen LogP contribution in [0.1, 0.15) is 26.7 Å². The van der Waals surface area contributed by atoms with Crippen molar-refractivity contribution in [2.75, 3.05) is 0 Å². The van der Waals surface area contributed by atoms with Gasteiger partial charge in [-0.1, -0.05) is 74.6 Å². The molecule has 18 heavy (non-hydrogen) atoms. The summed E-state index contributed by atoms with van der Waals surface area (Å²) in [6.45, 7) is 8.96. The Kier molecular flexibility index (Phi) is 5.54. The summed E-state index contributed by atoms with van der Waals surface area (Å²) in [5, 5.41) is 1.38. The number of benzene rings is 1. The SMILES string of the molecule is CCC(C)C/C(C=O)=C/[Si](C)(C)c1ccccc1. The normalized spacial score (nSPS) is 14.3. The molecule has 0 aromatic heterocycles. The van der Waals surface area contributed by atoms with Crippen LogP contribution in [-0.2, 0) is 4.79 Å². The van der Waals surface area contributed by atoms with Gasteiger partial charge in [0.25, 0.3) is 0 Å². The van der Waals surface area contributed by atoms with Gasteiger partial charge in [0.2, 0.25) is 0 Å². The van der Waals surface area contributed by atoms with Crippen molar-refractivity contribution >= 4 is 19.5 Å². The number of allylic oxidation sites excluding steroid dienone is 1. The molecule has 1 atom stereocenters. The Morgan fingerprint density at radius 3 is 2.39 bits per heavy atom. The monoisotopic (exact) mass is 260 g/mol. The van der Waals surface area contributed by atoms with Gasteiger partial charge in [-0.25, -0.2) is 0 Å². The molecule has 0 radical (unpaired) electrons. The van der Waals surface area contributed by atoms with Crippen LogP contribution in [-0.4, -0.2) is 14.4 Å². The molecule has 0 saturated carbocycles. The highest BCUT2D eigenvalue weighted by atomic mass is 28.3. The van der Waals surface area contributed by atoms with Crippen LogP contribution in [0.5, 0.6) is 0 Å². The molecular weight excluding hydrogens is 236 g/mol. The van der Waals surface area contributed by atoms with E-state index in [4.69, 9.17) is 0 Å². The summed E-state index contributed by atoms with van der Waals surface area (Å²) in [4.78, 5) is 11.2. The molecule has 0 aliphatic carbocycles. The van der Waals surface area contributed by atoms with Crippen molar-refractivity contribution in [2.45, 2.75) is 39.8 Å². The van der Waals surface area contributed by atoms with Crippen LogP contribution in [0, 0.1) is 5.92 Å². The lowest BCUT2D eigenvalue weighted by atomic mass is 10.0. The Hall–Kier alpha value is -1.15. The zero-order chi connectivity index (χ0) is 13.6. The van der Waals surface area contributed by atoms with Gasteiger partial charge in [0, 0.05) is 0 Å². The first-order chi connectivity index (χ1) is 8.49. The van der Waals surface area contributed by atoms with Gasteiger partial charge in [-0.05, 0) is 17.9 Å². The lowest BCUT2D eigenvalue weighted by Gasteiger charge is -2.20. The number of aldehydes is 1. The van der Waals surface area contributed by atoms with E-state index in [2.05, 4.69) is 56.9 Å². The molecule has 0 aliphatic heterocycles. The number of hydrogen-bond donors (Lipinski definition) is 0. The molecule has 0 saturated heterocycles. The summed E-state index contributed by atoms with van der Waals surface area (Å²) < 4.78 is 0. The van der Waals surface area contributed by atoms with Crippen LogP contribution in [0.3, 0.4) is 0 Å². The summed E-state index contributed by atoms with van der Waals surface area (Å²) in [5.41, 5.74) is 3.23. The predicted molar refractivity (Wildman–Crippen MR) is 81.8 cm³/mol. The van der Waals surface area contributed by atoms with E-state index < -0.39 is 8.07 Å². The summed E-state index contributed by atoms with van der Waals surface area (Å²) in [6, 6.07) is 10.5. The maximum Gasteiger partial charge on any atom is 0.145 e. The van der Waals surface area contributed by atoms with Crippen molar-refractivity contribution in [3.63, 3.8) is 0 Å². The van der Waals surface area contributed by atoms with Crippen molar-refractivity contribution in [2.24, 2.45) is 5.92 Å². The average Bonchev–Trinajstić information content (AvgIpc) is 2.38. The van der Waals surface area contributed by atoms with E-state index in [0.717, 1.165) is 24.7 Å². The van der Waals surface area contributed by atoms with Crippen molar-refractivity contribution < 1.29 is 4.79 Å². The van der Waals surface area contributed by atoms with Gasteiger partial charge in [-0.3, -0.25) is 4.79 Å². The van der Waals surface area contributed by atoms with Crippen LogP contribution in [0.25, 0.3) is 0 Å². The highest BCUT2D eigenvalue weighted by molar-refractivity contribution is 6.94. The van der Waals surface area contributed by atoms with Gasteiger partial charge in [-0.15, -0.1) is 0 Å². The first kappa shape index (κ1) is 14.9. The number of rotatable bonds is 6. The molecule has 0 aliphatic rings. The van der Waals surface area contributed by atoms with Crippen molar-refractivity contribution in [3.8, 4) is 0 Å². The van der Waals surface area contributed by atoms with E-state index in [1.54, 1.807) is 0 Å². The summed E-state index contributed by atoms with van der Waals surface area (Å²) in [5.74, 6) is 0.585. The minimum absolute atomic E-state index is 0.585. The third-order valence-electron chi connectivity index (χ3n) is 3.50. The fraction of sp³-hybridized carbons (Fsp3) is 0.438. The Bertz CT molecular complexity index is 406. The quantitative estimate of drug-likeness (QED) is 0.433. The van der Waals surface area contributed by atoms with E-state index in [1.165, 1.54) is 5.19 Å². The Morgan fingerprint density at radius 2 is 1.89 bits per heavy atom. The molecule has 1 aromatic rings. The minimum atomic E-state index is -1.64. The summed E-state index contributed by atoms with van der Waals surface area (Å²) in [7, 11) is -1.64. The lowest BCUT2D eigenvalue weighted by molar-refractivity contribution is -0.105. The Morgan fingerprint density at radius 1 is 1.28 bits per heavy atom. The fourth-order valence-corrected chi connectivity index (χ4v) is 4.43. The van der Waals surface area contributed by atoms with E-state index in [1.807, 2.05) is 6.07 Å². The minimum Gasteiger partial charge on any atom is -0.298 e. The van der Waals surface area contributed by atoms with E-state index in [-0.39, 0.29) is 0 Å². The first-order valence-corrected chi connectivity index (χ1v) is 9.79. The molecule has 98 valence electrons. The molecular formula is C16H24OSi. The standard InChI is InChI=1S/C16H24OSi/c1-5-14(2)11-15(12-17)13-18(3,4)16-9-7-6-8-10-16/h6-10,12-14H,5,11H2,1-4H3/b15-13-. The molecule has 0 amide bonds. The molecule has 0 bridgehead atoms. The lowest BCUT2D eigenvalue weighted by Crippen LogP contribution is -2.39. The number of carbonyl (C=O) groups excluding carboxylic acids is 1. The van der Waals surface area contributed by atoms with Crippen molar-refractivity contribution in [1.82, 2.24) is 0 Å². The molecule has 1 aromatic carbocycles. The van der Waals surface area contributed by atoms with Crippen molar-refractivity contribution in [1.29, 1.82) is 0 Å². The van der Waals surface area contributed by atoms with Gasteiger partial charge in [0.05, 0.1) is 0 Å². The molecule has 1 unspecified atom stereocenters. The van der Waals surface area contributed by atoms with Crippen LogP contribution >= 0.6 is 0 Å². The van der Waals surface area contributed by atoms with Gasteiger partial charge < -0.3 is 0 Å². The van der Waals surface area contributed by atoms with Gasteiger partial charge in [0.1, 0.15) is 14.4 Å². The molecule has 0 heterocycles. The molecule has 0 spiro atoms. The van der Waals surface area contributed by atoms with Crippen LogP contribution in [0.2, 0.25) is 13.1 Å². The second-order valence-corrected chi connectivity index (χ2v) is 9.95. The van der Waals surface area contributed by atoms with Crippen LogP contribution < -0.4 is 5.19 Å². The third-order valence-corrected chi connectivity index (χ3v) is 6.41. The number of carbonyl (C=O) groups is 1. The van der Waals surface area contributed by atoms with E-state index in [0.29, 0.717) is 5.92 Å². The second kappa shape index (κ2) is 6.69. The zero-order valence-corrected chi connectivity index (χ0v) is 12.9. The van der Waals surface area contributed by atoms with E-state index in [9.17, 15) is 4.79 Å². The highest BCUT2D eigenvalue weighted by Crippen LogP contribution is 2.16. The van der Waals surface area contributed by atoms with Crippen molar-refractivity contribution in [3.05, 3.63) is 41.6 Å². The molecule has 1 nitrogen and oxygen atoms in total. The topological polar surface area (TPSA) is 17.1 Å². The first-order valence-electron chi connectivity index (χ1n) is 6.72. The molecule has 0 N–H and O–H groups in total. The maximum absolute atomic E-state index is 11.2. The number of hydrogen-bond acceptors (Lipinski definition) is 1. The van der Waals surface area contributed by atoms with Crippen LogP contribution in [0.15, 0.2) is 41.6 Å². The predicted octanol–water partition coefficient (Wildman–Crippen LogP) is 3.70. The maximum atomic E-state index is 11.2. The summed E-state index contributed by atoms with van der Waals surface area (Å²) in [6.07, 6.45) is 3.08. The van der Waals surface area contributed by atoms with Gasteiger partial charge >= 0.3 is 0 Å². The molecule has 0 fully saturated rings. The third kappa shape index (κ3) is 4.26. The average molecular weight is 260 g/mol. The fourth-order valence-electron chi connectivity index (χ4n) is 2.10. The highest BCUT2D eigenvalue weighted by Gasteiger charge is 2.21. The summed E-state index contributed by atoms with van der Waals surface area (Å²) >= 11 is 0. The molecule has 2 heteroatoms. The largest absolute Gasteiger partial charge is 0.298 e. The Balaban J connectivity index is 2.93. The van der Waals surface area contributed by atoms with E-state index >= 15 is 0 Å². The van der Waals surface area contributed by atoms with Gasteiger partial charge in [-0.2, -0.15) is 0 Å². The second-order valence-electron chi connectivity index (χ2n) is 5.64. The molecule has 1 rings (SSSR count). The van der Waals surface area contributed by atoms with Gasteiger partial charge in [0.15, 0.2) is 0 Å². The Labute approximate surface area is 112 Å².